The fourth-order valence-electron chi connectivity index (χ4n) is 3.02. The van der Waals surface area contributed by atoms with Crippen LogP contribution in [-0.2, 0) is 21.3 Å². The summed E-state index contributed by atoms with van der Waals surface area (Å²) < 4.78 is 73.8. The van der Waals surface area contributed by atoms with Gasteiger partial charge in [-0.1, -0.05) is 18.2 Å². The lowest BCUT2D eigenvalue weighted by Crippen LogP contribution is -2.14. The van der Waals surface area contributed by atoms with Crippen LogP contribution >= 0.6 is 0 Å². The normalized spacial score (nSPS) is 13.5. The van der Waals surface area contributed by atoms with Crippen LogP contribution in [0.1, 0.15) is 16.1 Å². The van der Waals surface area contributed by atoms with Crippen molar-refractivity contribution in [3.63, 3.8) is 0 Å². The highest BCUT2D eigenvalue weighted by molar-refractivity contribution is 7.90. The summed E-state index contributed by atoms with van der Waals surface area (Å²) in [6, 6.07) is 13.6. The van der Waals surface area contributed by atoms with E-state index in [0.29, 0.717) is 24.3 Å². The zero-order valence-electron chi connectivity index (χ0n) is 19.5. The van der Waals surface area contributed by atoms with Crippen LogP contribution in [0.3, 0.4) is 0 Å². The van der Waals surface area contributed by atoms with Gasteiger partial charge in [0.25, 0.3) is 10.0 Å². The Morgan fingerprint density at radius 2 is 1.97 bits per heavy atom. The Bertz CT molecular complexity index is 1200. The molecule has 0 saturated heterocycles. The van der Waals surface area contributed by atoms with Crippen LogP contribution in [-0.4, -0.2) is 39.7 Å². The highest BCUT2D eigenvalue weighted by Gasteiger charge is 2.23. The van der Waals surface area contributed by atoms with Gasteiger partial charge in [-0.2, -0.15) is 0 Å². The van der Waals surface area contributed by atoms with E-state index in [1.165, 1.54) is 30.5 Å². The Morgan fingerprint density at radius 1 is 1.13 bits per heavy atom. The number of rotatable bonds is 10. The van der Waals surface area contributed by atoms with E-state index in [0.717, 1.165) is 3.97 Å². The minimum Gasteiger partial charge on any atom is -0.493 e. The van der Waals surface area contributed by atoms with Crippen LogP contribution in [0.2, 0.25) is 0 Å². The Balaban J connectivity index is 1.87. The lowest BCUT2D eigenvalue weighted by molar-refractivity contribution is 0.172. The van der Waals surface area contributed by atoms with Crippen molar-refractivity contribution in [1.82, 2.24) is 9.29 Å². The van der Waals surface area contributed by atoms with Crippen molar-refractivity contribution in [1.29, 1.82) is 0 Å². The molecule has 0 fully saturated rings. The van der Waals surface area contributed by atoms with Gasteiger partial charge in [-0.15, -0.1) is 0 Å². The molecule has 1 aromatic heterocycles. The van der Waals surface area contributed by atoms with Crippen LogP contribution in [0, 0.1) is 5.82 Å². The van der Waals surface area contributed by atoms with Crippen molar-refractivity contribution < 1.29 is 26.4 Å². The fourth-order valence-corrected chi connectivity index (χ4v) is 4.45. The van der Waals surface area contributed by atoms with E-state index in [4.69, 9.17) is 8.85 Å². The van der Waals surface area contributed by atoms with Gasteiger partial charge in [-0.05, 0) is 42.9 Å². The first-order valence-corrected chi connectivity index (χ1v) is 10.8. The lowest BCUT2D eigenvalue weighted by atomic mass is 10.1. The van der Waals surface area contributed by atoms with Gasteiger partial charge < -0.3 is 14.8 Å². The highest BCUT2D eigenvalue weighted by Crippen LogP contribution is 2.30. The number of aromatic nitrogens is 1. The second kappa shape index (κ2) is 9.88. The largest absolute Gasteiger partial charge is 0.493 e. The molecule has 1 heterocycles. The van der Waals surface area contributed by atoms with Crippen molar-refractivity contribution >= 4 is 10.0 Å². The first-order valence-electron chi connectivity index (χ1n) is 10.8. The zero-order valence-corrected chi connectivity index (χ0v) is 17.3. The van der Waals surface area contributed by atoms with Gasteiger partial charge in [-0.3, -0.25) is 0 Å². The number of methoxy groups -OCH3 is 1. The average molecular weight is 436 g/mol. The molecule has 3 rings (SSSR count). The lowest BCUT2D eigenvalue weighted by Gasteiger charge is -2.13. The molecule has 0 amide bonds. The van der Waals surface area contributed by atoms with E-state index in [2.05, 4.69) is 10.1 Å². The van der Waals surface area contributed by atoms with E-state index in [1.54, 1.807) is 37.4 Å². The summed E-state index contributed by atoms with van der Waals surface area (Å²) in [5.41, 5.74) is 1.07. The molecule has 2 aromatic carbocycles. The maximum absolute atomic E-state index is 14.5. The maximum atomic E-state index is 14.5. The molecule has 1 N–H and O–H groups in total. The molecular weight excluding hydrogens is 407 g/mol. The third-order valence-electron chi connectivity index (χ3n) is 4.40. The molecule has 6 nitrogen and oxygen atoms in total. The van der Waals surface area contributed by atoms with Crippen LogP contribution in [0.15, 0.2) is 65.7 Å². The Morgan fingerprint density at radius 3 is 2.73 bits per heavy atom. The molecule has 0 atom stereocenters. The molecule has 3 aromatic rings. The standard InChI is InChI=1S/C22H25FN2O4S/c1-24-15-17-13-22(20-9-3-4-10-21(20)23)25(16-17)30(26,27)19-8-5-7-18(14-19)29-12-6-11-28-2/h3-5,7-10,13-14,16,24H,6,11-12,15H2,1-2H3/i2D3. The molecule has 30 heavy (non-hydrogen) atoms. The molecule has 0 unspecified atom stereocenters. The number of halogens is 1. The second-order valence-corrected chi connectivity index (χ2v) is 8.38. The van der Waals surface area contributed by atoms with E-state index in [-0.39, 0.29) is 29.4 Å². The van der Waals surface area contributed by atoms with Crippen molar-refractivity contribution in [2.75, 3.05) is 27.3 Å². The molecule has 0 aliphatic rings. The molecule has 0 aliphatic carbocycles. The molecule has 0 bridgehead atoms. The zero-order chi connectivity index (χ0) is 24.1. The summed E-state index contributed by atoms with van der Waals surface area (Å²) >= 11 is 0. The van der Waals surface area contributed by atoms with E-state index >= 15 is 0 Å². The van der Waals surface area contributed by atoms with Crippen LogP contribution in [0.25, 0.3) is 11.3 Å². The first kappa shape index (κ1) is 18.1. The van der Waals surface area contributed by atoms with Crippen molar-refractivity contribution in [2.24, 2.45) is 0 Å². The van der Waals surface area contributed by atoms with E-state index in [1.807, 2.05) is 0 Å². The quantitative estimate of drug-likeness (QED) is 0.492. The van der Waals surface area contributed by atoms with Gasteiger partial charge in [0, 0.05) is 44.4 Å². The third kappa shape index (κ3) is 4.89. The summed E-state index contributed by atoms with van der Waals surface area (Å²) in [4.78, 5) is -0.0251. The Labute approximate surface area is 180 Å². The molecular formula is C22H25FN2O4S. The smallest absolute Gasteiger partial charge is 0.268 e. The molecule has 0 aliphatic heterocycles. The maximum Gasteiger partial charge on any atom is 0.268 e. The molecule has 0 radical (unpaired) electrons. The van der Waals surface area contributed by atoms with Gasteiger partial charge in [0.05, 0.1) is 21.3 Å². The van der Waals surface area contributed by atoms with Crippen molar-refractivity contribution in [3.05, 3.63) is 72.2 Å². The predicted octanol–water partition coefficient (Wildman–Crippen LogP) is 3.67. The van der Waals surface area contributed by atoms with Gasteiger partial charge in [0.1, 0.15) is 11.6 Å². The van der Waals surface area contributed by atoms with Gasteiger partial charge in [0.15, 0.2) is 0 Å². The Hall–Kier alpha value is -2.68. The monoisotopic (exact) mass is 435 g/mol. The van der Waals surface area contributed by atoms with Crippen LogP contribution < -0.4 is 10.1 Å². The SMILES string of the molecule is [2H]C([2H])([2H])OCCCOc1cccc(S(=O)(=O)n2cc(CNC)cc2-c2ccccc2F)c1. The van der Waals surface area contributed by atoms with Crippen LogP contribution in [0.5, 0.6) is 5.75 Å². The number of ether oxygens (including phenoxy) is 2. The molecule has 0 saturated carbocycles. The van der Waals surface area contributed by atoms with Gasteiger partial charge in [0.2, 0.25) is 0 Å². The minimum atomic E-state index is -4.07. The summed E-state index contributed by atoms with van der Waals surface area (Å²) in [7, 11) is -4.80. The number of hydrogen-bond acceptors (Lipinski definition) is 5. The number of benzene rings is 2. The van der Waals surface area contributed by atoms with Crippen molar-refractivity contribution in [2.45, 2.75) is 17.9 Å². The predicted molar refractivity (Wildman–Crippen MR) is 114 cm³/mol. The summed E-state index contributed by atoms with van der Waals surface area (Å²) in [6.07, 6.45) is 1.78. The average Bonchev–Trinajstić information content (AvgIpc) is 3.18. The van der Waals surface area contributed by atoms with Crippen molar-refractivity contribution in [3.8, 4) is 17.0 Å². The summed E-state index contributed by atoms with van der Waals surface area (Å²) in [5.74, 6) is -0.223. The highest BCUT2D eigenvalue weighted by atomic mass is 32.2. The minimum absolute atomic E-state index is 0.0158. The summed E-state index contributed by atoms with van der Waals surface area (Å²) in [6.45, 7) is 0.541. The molecule has 8 heteroatoms. The van der Waals surface area contributed by atoms with Crippen LogP contribution in [0.4, 0.5) is 4.39 Å². The summed E-state index contributed by atoms with van der Waals surface area (Å²) in [5, 5.41) is 2.97. The van der Waals surface area contributed by atoms with Gasteiger partial charge in [-0.25, -0.2) is 16.8 Å². The molecule has 0 spiro atoms. The number of hydrogen-bond donors (Lipinski definition) is 1. The molecule has 160 valence electrons. The van der Waals surface area contributed by atoms with E-state index < -0.39 is 22.9 Å². The van der Waals surface area contributed by atoms with Gasteiger partial charge >= 0.3 is 0 Å². The third-order valence-corrected chi connectivity index (χ3v) is 6.06. The van der Waals surface area contributed by atoms with E-state index in [9.17, 15) is 12.8 Å². The first-order chi connectivity index (χ1) is 15.6. The second-order valence-electron chi connectivity index (χ2n) is 6.57. The number of nitrogens with one attached hydrogen (secondary N) is 1. The topological polar surface area (TPSA) is 69.6 Å². The fraction of sp³-hybridized carbons (Fsp3) is 0.273. The number of nitrogens with zero attached hydrogens (tertiary/aromatic N) is 1. The Kier molecular flexibility index (Phi) is 5.97.